The quantitative estimate of drug-likeness (QED) is 0.761. The second kappa shape index (κ2) is 6.90. The molecule has 0 spiro atoms. The zero-order valence-electron chi connectivity index (χ0n) is 13.5. The smallest absolute Gasteiger partial charge is 0.178 e. The average molecular weight is 347 g/mol. The van der Waals surface area contributed by atoms with E-state index in [4.69, 9.17) is 14.0 Å². The number of methoxy groups -OCH3 is 2. The number of ether oxygens (including phenoxy) is 2. The van der Waals surface area contributed by atoms with Crippen molar-refractivity contribution in [3.8, 4) is 34.1 Å². The molecule has 5 nitrogen and oxygen atoms in total. The summed E-state index contributed by atoms with van der Waals surface area (Å²) in [7, 11) is 2.99. The van der Waals surface area contributed by atoms with E-state index in [0.717, 1.165) is 12.1 Å². The molecule has 0 radical (unpaired) electrons. The Bertz CT molecular complexity index is 866. The molecule has 3 rings (SSSR count). The molecule has 0 fully saturated rings. The van der Waals surface area contributed by atoms with Crippen molar-refractivity contribution in [2.45, 2.75) is 6.61 Å². The number of hydrogen-bond acceptors (Lipinski definition) is 5. The minimum atomic E-state index is -0.805. The van der Waals surface area contributed by atoms with Gasteiger partial charge in [0.25, 0.3) is 0 Å². The third-order valence-electron chi connectivity index (χ3n) is 3.76. The van der Waals surface area contributed by atoms with Gasteiger partial charge in [0.1, 0.15) is 28.8 Å². The van der Waals surface area contributed by atoms with Gasteiger partial charge < -0.3 is 19.1 Å². The largest absolute Gasteiger partial charge is 0.497 e. The molecule has 2 aromatic carbocycles. The maximum Gasteiger partial charge on any atom is 0.178 e. The monoisotopic (exact) mass is 347 g/mol. The zero-order chi connectivity index (χ0) is 18.0. The van der Waals surface area contributed by atoms with Crippen LogP contribution >= 0.6 is 0 Å². The Hall–Kier alpha value is -2.93. The predicted octanol–water partition coefficient (Wildman–Crippen LogP) is 3.80. The lowest BCUT2D eigenvalue weighted by molar-refractivity contribution is 0.281. The summed E-state index contributed by atoms with van der Waals surface area (Å²) in [6, 6.07) is 8.44. The van der Waals surface area contributed by atoms with Crippen LogP contribution in [0.3, 0.4) is 0 Å². The lowest BCUT2D eigenvalue weighted by Gasteiger charge is -2.08. The van der Waals surface area contributed by atoms with Gasteiger partial charge in [0.05, 0.1) is 32.0 Å². The molecule has 0 unspecified atom stereocenters. The van der Waals surface area contributed by atoms with E-state index in [1.807, 2.05) is 0 Å². The van der Waals surface area contributed by atoms with Crippen LogP contribution < -0.4 is 9.47 Å². The number of nitrogens with zero attached hydrogens (tertiary/aromatic N) is 1. The first kappa shape index (κ1) is 16.9. The lowest BCUT2D eigenvalue weighted by Crippen LogP contribution is -1.94. The summed E-state index contributed by atoms with van der Waals surface area (Å²) in [5.74, 6) is -0.768. The fourth-order valence-corrected chi connectivity index (χ4v) is 2.54. The van der Waals surface area contributed by atoms with Gasteiger partial charge in [0.15, 0.2) is 5.76 Å². The van der Waals surface area contributed by atoms with E-state index < -0.39 is 18.2 Å². The summed E-state index contributed by atoms with van der Waals surface area (Å²) < 4.78 is 43.7. The zero-order valence-corrected chi connectivity index (χ0v) is 13.5. The molecule has 0 amide bonds. The Kier molecular flexibility index (Phi) is 4.67. The number of hydrogen-bond donors (Lipinski definition) is 1. The van der Waals surface area contributed by atoms with Gasteiger partial charge in [-0.2, -0.15) is 0 Å². The summed E-state index contributed by atoms with van der Waals surface area (Å²) in [5.41, 5.74) is 0.559. The van der Waals surface area contributed by atoms with Crippen LogP contribution in [-0.4, -0.2) is 24.5 Å². The molecule has 1 heterocycles. The van der Waals surface area contributed by atoms with E-state index >= 15 is 0 Å². The van der Waals surface area contributed by atoms with Gasteiger partial charge in [-0.15, -0.1) is 0 Å². The Balaban J connectivity index is 2.19. The van der Waals surface area contributed by atoms with Crippen molar-refractivity contribution in [3.63, 3.8) is 0 Å². The third-order valence-corrected chi connectivity index (χ3v) is 3.76. The minimum absolute atomic E-state index is 0.158. The molecule has 0 bridgehead atoms. The van der Waals surface area contributed by atoms with E-state index in [-0.39, 0.29) is 22.6 Å². The van der Waals surface area contributed by atoms with E-state index in [9.17, 15) is 13.9 Å². The SMILES string of the molecule is COc1cc(OC)cc(-c2noc(-c3c(F)cccc3F)c2CO)c1. The molecule has 0 saturated carbocycles. The van der Waals surface area contributed by atoms with E-state index in [1.165, 1.54) is 20.3 Å². The summed E-state index contributed by atoms with van der Waals surface area (Å²) in [5, 5.41) is 13.6. The highest BCUT2D eigenvalue weighted by Gasteiger charge is 2.24. The van der Waals surface area contributed by atoms with Crippen molar-refractivity contribution in [1.82, 2.24) is 5.16 Å². The molecular weight excluding hydrogens is 332 g/mol. The molecule has 25 heavy (non-hydrogen) atoms. The normalized spacial score (nSPS) is 10.8. The highest BCUT2D eigenvalue weighted by atomic mass is 19.1. The molecule has 0 atom stereocenters. The van der Waals surface area contributed by atoms with Crippen molar-refractivity contribution in [2.75, 3.05) is 14.2 Å². The first-order chi connectivity index (χ1) is 12.1. The van der Waals surface area contributed by atoms with Crippen LogP contribution in [0.5, 0.6) is 11.5 Å². The van der Waals surface area contributed by atoms with Gasteiger partial charge in [0.2, 0.25) is 0 Å². The fourth-order valence-electron chi connectivity index (χ4n) is 2.54. The van der Waals surface area contributed by atoms with Crippen LogP contribution in [0.25, 0.3) is 22.6 Å². The number of aromatic nitrogens is 1. The van der Waals surface area contributed by atoms with Crippen molar-refractivity contribution < 1.29 is 27.9 Å². The first-order valence-electron chi connectivity index (χ1n) is 7.36. The van der Waals surface area contributed by atoms with Gasteiger partial charge in [-0.3, -0.25) is 0 Å². The molecule has 3 aromatic rings. The van der Waals surface area contributed by atoms with Crippen LogP contribution in [0.2, 0.25) is 0 Å². The molecule has 1 N–H and O–H groups in total. The molecule has 0 aliphatic heterocycles. The average Bonchev–Trinajstić information content (AvgIpc) is 3.04. The van der Waals surface area contributed by atoms with Gasteiger partial charge >= 0.3 is 0 Å². The van der Waals surface area contributed by atoms with Crippen molar-refractivity contribution in [3.05, 3.63) is 53.6 Å². The second-order valence-electron chi connectivity index (χ2n) is 5.19. The van der Waals surface area contributed by atoms with Crippen molar-refractivity contribution in [2.24, 2.45) is 0 Å². The van der Waals surface area contributed by atoms with Crippen LogP contribution in [-0.2, 0) is 6.61 Å². The number of aliphatic hydroxyl groups excluding tert-OH is 1. The van der Waals surface area contributed by atoms with Crippen molar-refractivity contribution >= 4 is 0 Å². The van der Waals surface area contributed by atoms with Crippen LogP contribution in [0.1, 0.15) is 5.56 Å². The van der Waals surface area contributed by atoms with Gasteiger partial charge in [-0.1, -0.05) is 11.2 Å². The molecule has 7 heteroatoms. The van der Waals surface area contributed by atoms with Gasteiger partial charge in [-0.05, 0) is 24.3 Å². The maximum atomic E-state index is 14.1. The number of halogens is 2. The molecule has 130 valence electrons. The van der Waals surface area contributed by atoms with Crippen LogP contribution in [0.15, 0.2) is 40.9 Å². The summed E-state index contributed by atoms with van der Waals surface area (Å²) >= 11 is 0. The van der Waals surface area contributed by atoms with Gasteiger partial charge in [0, 0.05) is 11.6 Å². The van der Waals surface area contributed by atoms with E-state index in [1.54, 1.807) is 18.2 Å². The number of rotatable bonds is 5. The number of aliphatic hydroxyl groups is 1. The summed E-state index contributed by atoms with van der Waals surface area (Å²) in [4.78, 5) is 0. The highest BCUT2D eigenvalue weighted by Crippen LogP contribution is 2.37. The predicted molar refractivity (Wildman–Crippen MR) is 86.3 cm³/mol. The Labute approximate surface area is 142 Å². The molecule has 0 saturated heterocycles. The minimum Gasteiger partial charge on any atom is -0.497 e. The van der Waals surface area contributed by atoms with E-state index in [0.29, 0.717) is 17.1 Å². The lowest BCUT2D eigenvalue weighted by atomic mass is 10.0. The fraction of sp³-hybridized carbons (Fsp3) is 0.167. The van der Waals surface area contributed by atoms with E-state index in [2.05, 4.69) is 5.16 Å². The Morgan fingerprint density at radius 1 is 1.04 bits per heavy atom. The van der Waals surface area contributed by atoms with Crippen LogP contribution in [0.4, 0.5) is 8.78 Å². The van der Waals surface area contributed by atoms with Gasteiger partial charge in [-0.25, -0.2) is 8.78 Å². The molecule has 1 aromatic heterocycles. The third kappa shape index (κ3) is 3.06. The number of benzene rings is 2. The first-order valence-corrected chi connectivity index (χ1v) is 7.36. The molecule has 0 aliphatic carbocycles. The second-order valence-corrected chi connectivity index (χ2v) is 5.19. The summed E-state index contributed by atoms with van der Waals surface area (Å²) in [6.07, 6.45) is 0. The topological polar surface area (TPSA) is 64.7 Å². The molecular formula is C18H15F2NO4. The highest BCUT2D eigenvalue weighted by molar-refractivity contribution is 5.74. The Morgan fingerprint density at radius 3 is 2.16 bits per heavy atom. The maximum absolute atomic E-state index is 14.1. The van der Waals surface area contributed by atoms with Crippen molar-refractivity contribution in [1.29, 1.82) is 0 Å². The molecule has 0 aliphatic rings. The van der Waals surface area contributed by atoms with Crippen LogP contribution in [0, 0.1) is 11.6 Å². The standard InChI is InChI=1S/C18H15F2NO4/c1-23-11-6-10(7-12(8-11)24-2)17-13(9-22)18(25-21-17)16-14(19)4-3-5-15(16)20/h3-8,22H,9H2,1-2H3. The summed E-state index contributed by atoms with van der Waals surface area (Å²) in [6.45, 7) is -0.512. The Morgan fingerprint density at radius 2 is 1.64 bits per heavy atom.